The summed E-state index contributed by atoms with van der Waals surface area (Å²) >= 11 is 0. The minimum absolute atomic E-state index is 0.687. The molecule has 3 nitrogen and oxygen atoms in total. The van der Waals surface area contributed by atoms with Crippen LogP contribution in [0.15, 0.2) is 121 Å². The molecule has 0 aliphatic heterocycles. The predicted molar refractivity (Wildman–Crippen MR) is 114 cm³/mol. The molecule has 0 heterocycles. The minimum atomic E-state index is -3.01. The van der Waals surface area contributed by atoms with Crippen LogP contribution >= 0.6 is 7.94 Å². The molecule has 0 radical (unpaired) electrons. The number of benzene rings is 4. The van der Waals surface area contributed by atoms with Gasteiger partial charge in [0.05, 0.1) is 0 Å². The number of rotatable bonds is 7. The molecule has 4 heteroatoms. The molecule has 4 aromatic carbocycles. The maximum Gasteiger partial charge on any atom is 0.580 e. The number of hydrogen-bond acceptors (Lipinski definition) is 3. The molecular formula is C24H20O3P+. The zero-order valence-corrected chi connectivity index (χ0v) is 16.1. The van der Waals surface area contributed by atoms with Gasteiger partial charge in [0.1, 0.15) is 0 Å². The molecule has 0 aliphatic rings. The Kier molecular flexibility index (Phi) is 5.56. The first-order valence-corrected chi connectivity index (χ1v) is 10.6. The van der Waals surface area contributed by atoms with Crippen LogP contribution in [0, 0.1) is 0 Å². The van der Waals surface area contributed by atoms with Crippen molar-refractivity contribution in [3.8, 4) is 17.2 Å². The standard InChI is InChI=1S/C24H20O3P/c1-5-13-21(14-6-1)25-28(24-19-11-4-12-20-24,26-22-15-7-2-8-16-22)27-23-17-9-3-10-18-23/h1-20H/q+1. The molecule has 0 amide bonds. The largest absolute Gasteiger partial charge is 0.580 e. The Morgan fingerprint density at radius 2 is 0.643 bits per heavy atom. The molecule has 4 aromatic rings. The van der Waals surface area contributed by atoms with E-state index in [1.54, 1.807) is 0 Å². The average molecular weight is 387 g/mol. The van der Waals surface area contributed by atoms with Crippen molar-refractivity contribution in [1.29, 1.82) is 0 Å². The van der Waals surface area contributed by atoms with Gasteiger partial charge in [0.15, 0.2) is 17.2 Å². The summed E-state index contributed by atoms with van der Waals surface area (Å²) in [7, 11) is -3.01. The fraction of sp³-hybridized carbons (Fsp3) is 0. The van der Waals surface area contributed by atoms with Crippen molar-refractivity contribution >= 4 is 13.2 Å². The molecule has 0 fully saturated rings. The Bertz CT molecular complexity index is 876. The van der Waals surface area contributed by atoms with Gasteiger partial charge in [-0.3, -0.25) is 13.6 Å². The highest BCUT2D eigenvalue weighted by Crippen LogP contribution is 2.59. The molecular weight excluding hydrogens is 367 g/mol. The molecule has 0 aliphatic carbocycles. The van der Waals surface area contributed by atoms with E-state index in [4.69, 9.17) is 13.6 Å². The first kappa shape index (κ1) is 18.1. The van der Waals surface area contributed by atoms with E-state index in [0.29, 0.717) is 17.2 Å². The molecule has 0 spiro atoms. The van der Waals surface area contributed by atoms with E-state index in [1.165, 1.54) is 0 Å². The highest BCUT2D eigenvalue weighted by atomic mass is 31.2. The third-order valence-electron chi connectivity index (χ3n) is 3.98. The van der Waals surface area contributed by atoms with Crippen LogP contribution in [-0.2, 0) is 0 Å². The van der Waals surface area contributed by atoms with Gasteiger partial charge in [-0.25, -0.2) is 0 Å². The van der Waals surface area contributed by atoms with E-state index in [1.807, 2.05) is 121 Å². The van der Waals surface area contributed by atoms with E-state index in [-0.39, 0.29) is 0 Å². The molecule has 138 valence electrons. The van der Waals surface area contributed by atoms with Crippen molar-refractivity contribution in [2.24, 2.45) is 0 Å². The third-order valence-corrected chi connectivity index (χ3v) is 6.26. The van der Waals surface area contributed by atoms with Gasteiger partial charge in [0.25, 0.3) is 0 Å². The highest BCUT2D eigenvalue weighted by Gasteiger charge is 2.53. The minimum Gasteiger partial charge on any atom is -0.268 e. The van der Waals surface area contributed by atoms with Crippen molar-refractivity contribution in [3.63, 3.8) is 0 Å². The summed E-state index contributed by atoms with van der Waals surface area (Å²) in [5.74, 6) is 2.06. The van der Waals surface area contributed by atoms with E-state index >= 15 is 0 Å². The van der Waals surface area contributed by atoms with Gasteiger partial charge >= 0.3 is 7.94 Å². The lowest BCUT2D eigenvalue weighted by molar-refractivity contribution is 0.369. The quantitative estimate of drug-likeness (QED) is 0.348. The van der Waals surface area contributed by atoms with Gasteiger partial charge in [-0.05, 0) is 48.5 Å². The Labute approximate surface area is 165 Å². The molecule has 4 rings (SSSR count). The first-order valence-electron chi connectivity index (χ1n) is 9.03. The van der Waals surface area contributed by atoms with Crippen LogP contribution in [0.1, 0.15) is 0 Å². The average Bonchev–Trinajstić information content (AvgIpc) is 2.76. The lowest BCUT2D eigenvalue weighted by Crippen LogP contribution is -2.26. The van der Waals surface area contributed by atoms with Gasteiger partial charge in [-0.2, -0.15) is 0 Å². The van der Waals surface area contributed by atoms with E-state index in [9.17, 15) is 0 Å². The lowest BCUT2D eigenvalue weighted by atomic mass is 10.3. The van der Waals surface area contributed by atoms with Gasteiger partial charge in [-0.15, -0.1) is 0 Å². The van der Waals surface area contributed by atoms with Crippen molar-refractivity contribution in [2.75, 3.05) is 0 Å². The summed E-state index contributed by atoms with van der Waals surface area (Å²) < 4.78 is 19.4. The zero-order valence-electron chi connectivity index (χ0n) is 15.2. The van der Waals surface area contributed by atoms with Crippen LogP contribution < -0.4 is 18.9 Å². The summed E-state index contributed by atoms with van der Waals surface area (Å²) in [5, 5.41) is 0.853. The van der Waals surface area contributed by atoms with Gasteiger partial charge < -0.3 is 0 Å². The SMILES string of the molecule is c1ccc(O[P+](Oc2ccccc2)(Oc2ccccc2)c2ccccc2)cc1. The molecule has 0 aromatic heterocycles. The maximum atomic E-state index is 6.46. The smallest absolute Gasteiger partial charge is 0.268 e. The van der Waals surface area contributed by atoms with Gasteiger partial charge in [-0.1, -0.05) is 72.8 Å². The first-order chi connectivity index (χ1) is 13.8. The van der Waals surface area contributed by atoms with E-state index < -0.39 is 7.94 Å². The Morgan fingerprint density at radius 1 is 0.357 bits per heavy atom. The van der Waals surface area contributed by atoms with Crippen LogP contribution in [0.3, 0.4) is 0 Å². The Morgan fingerprint density at radius 3 is 0.964 bits per heavy atom. The van der Waals surface area contributed by atoms with Crippen molar-refractivity contribution in [2.45, 2.75) is 0 Å². The van der Waals surface area contributed by atoms with Crippen LogP contribution in [0.5, 0.6) is 17.2 Å². The maximum absolute atomic E-state index is 6.46. The Balaban J connectivity index is 1.82. The fourth-order valence-electron chi connectivity index (χ4n) is 2.68. The molecule has 0 saturated heterocycles. The third kappa shape index (κ3) is 4.33. The lowest BCUT2D eigenvalue weighted by Gasteiger charge is -2.22. The summed E-state index contributed by atoms with van der Waals surface area (Å²) in [6.45, 7) is 0. The molecule has 0 bridgehead atoms. The van der Waals surface area contributed by atoms with Crippen molar-refractivity contribution < 1.29 is 13.6 Å². The summed E-state index contributed by atoms with van der Waals surface area (Å²) in [6.07, 6.45) is 0. The second-order valence-electron chi connectivity index (χ2n) is 6.05. The van der Waals surface area contributed by atoms with Crippen LogP contribution in [0.25, 0.3) is 0 Å². The monoisotopic (exact) mass is 387 g/mol. The van der Waals surface area contributed by atoms with Crippen molar-refractivity contribution in [1.82, 2.24) is 0 Å². The van der Waals surface area contributed by atoms with Crippen LogP contribution in [0.4, 0.5) is 0 Å². The fourth-order valence-corrected chi connectivity index (χ4v) is 4.85. The van der Waals surface area contributed by atoms with Gasteiger partial charge in [0.2, 0.25) is 5.30 Å². The normalized spacial score (nSPS) is 10.9. The topological polar surface area (TPSA) is 27.7 Å². The highest BCUT2D eigenvalue weighted by molar-refractivity contribution is 7.70. The van der Waals surface area contributed by atoms with Crippen molar-refractivity contribution in [3.05, 3.63) is 121 Å². The molecule has 28 heavy (non-hydrogen) atoms. The second-order valence-corrected chi connectivity index (χ2v) is 8.11. The Hall–Kier alpha value is -3.29. The summed E-state index contributed by atoms with van der Waals surface area (Å²) in [6, 6.07) is 38.7. The second kappa shape index (κ2) is 8.60. The number of hydrogen-bond donors (Lipinski definition) is 0. The molecule has 0 unspecified atom stereocenters. The van der Waals surface area contributed by atoms with E-state index in [2.05, 4.69) is 0 Å². The zero-order chi connectivity index (χ0) is 19.1. The van der Waals surface area contributed by atoms with Gasteiger partial charge in [0, 0.05) is 0 Å². The number of para-hydroxylation sites is 3. The predicted octanol–water partition coefficient (Wildman–Crippen LogP) is 6.31. The molecule has 0 saturated carbocycles. The molecule has 0 N–H and O–H groups in total. The summed E-state index contributed by atoms with van der Waals surface area (Å²) in [5.41, 5.74) is 0. The van der Waals surface area contributed by atoms with E-state index in [0.717, 1.165) is 5.30 Å². The summed E-state index contributed by atoms with van der Waals surface area (Å²) in [4.78, 5) is 0. The van der Waals surface area contributed by atoms with Crippen LogP contribution in [0.2, 0.25) is 0 Å². The van der Waals surface area contributed by atoms with Crippen LogP contribution in [-0.4, -0.2) is 0 Å². The molecule has 0 atom stereocenters.